The molecule has 3 nitrogen and oxygen atoms in total. The van der Waals surface area contributed by atoms with Gasteiger partial charge in [0, 0.05) is 6.54 Å². The molecule has 0 fully saturated rings. The average Bonchev–Trinajstić information content (AvgIpc) is 2.66. The van der Waals surface area contributed by atoms with E-state index in [0.717, 1.165) is 29.2 Å². The van der Waals surface area contributed by atoms with Crippen molar-refractivity contribution in [2.45, 2.75) is 25.9 Å². The summed E-state index contributed by atoms with van der Waals surface area (Å²) < 4.78 is 18.6. The first-order valence-corrected chi connectivity index (χ1v) is 8.79. The number of aryl methyl sites for hydroxylation is 1. The van der Waals surface area contributed by atoms with Crippen LogP contribution in [0.15, 0.2) is 66.7 Å². The Kier molecular flexibility index (Phi) is 5.84. The number of halogens is 1. The number of benzene rings is 3. The smallest absolute Gasteiger partial charge is 0.260 e. The molecule has 1 atom stereocenters. The first-order chi connectivity index (χ1) is 12.6. The van der Waals surface area contributed by atoms with E-state index in [1.807, 2.05) is 42.5 Å². The molecule has 0 aliphatic carbocycles. The molecule has 26 heavy (non-hydrogen) atoms. The standard InChI is InChI=1S/C22H22FNO2/c1-16(26-21-13-10-18-6-2-3-7-19(18)15-21)22(25)24-14-4-5-17-8-11-20(23)12-9-17/h2-3,6-13,15-16H,4-5,14H2,1H3,(H,24,25)/t16-/m1/s1. The lowest BCUT2D eigenvalue weighted by molar-refractivity contribution is -0.127. The Morgan fingerprint density at radius 2 is 1.77 bits per heavy atom. The van der Waals surface area contributed by atoms with Crippen molar-refractivity contribution in [1.82, 2.24) is 5.32 Å². The predicted octanol–water partition coefficient (Wildman–Crippen LogP) is 4.50. The summed E-state index contributed by atoms with van der Waals surface area (Å²) in [5.41, 5.74) is 1.06. The van der Waals surface area contributed by atoms with Crippen LogP contribution in [-0.4, -0.2) is 18.6 Å². The molecule has 134 valence electrons. The highest BCUT2D eigenvalue weighted by atomic mass is 19.1. The molecule has 0 aromatic heterocycles. The monoisotopic (exact) mass is 351 g/mol. The van der Waals surface area contributed by atoms with Crippen LogP contribution in [0.5, 0.6) is 5.75 Å². The van der Waals surface area contributed by atoms with Gasteiger partial charge in [-0.15, -0.1) is 0 Å². The maximum absolute atomic E-state index is 12.9. The summed E-state index contributed by atoms with van der Waals surface area (Å²) >= 11 is 0. The fourth-order valence-electron chi connectivity index (χ4n) is 2.80. The van der Waals surface area contributed by atoms with Gasteiger partial charge in [0.25, 0.3) is 5.91 Å². The van der Waals surface area contributed by atoms with Crippen LogP contribution < -0.4 is 10.1 Å². The molecular formula is C22H22FNO2. The van der Waals surface area contributed by atoms with Crippen molar-refractivity contribution in [2.75, 3.05) is 6.54 Å². The SMILES string of the molecule is C[C@@H](Oc1ccc2ccccc2c1)C(=O)NCCCc1ccc(F)cc1. The van der Waals surface area contributed by atoms with Crippen LogP contribution >= 0.6 is 0 Å². The Morgan fingerprint density at radius 1 is 1.04 bits per heavy atom. The van der Waals surface area contributed by atoms with E-state index in [1.54, 1.807) is 19.1 Å². The zero-order valence-corrected chi connectivity index (χ0v) is 14.7. The second kappa shape index (κ2) is 8.48. The first kappa shape index (κ1) is 17.9. The van der Waals surface area contributed by atoms with Gasteiger partial charge in [-0.3, -0.25) is 4.79 Å². The highest BCUT2D eigenvalue weighted by Gasteiger charge is 2.14. The lowest BCUT2D eigenvalue weighted by Gasteiger charge is -2.15. The molecule has 0 radical (unpaired) electrons. The highest BCUT2D eigenvalue weighted by Crippen LogP contribution is 2.21. The van der Waals surface area contributed by atoms with Crippen LogP contribution in [-0.2, 0) is 11.2 Å². The minimum Gasteiger partial charge on any atom is -0.481 e. The minimum absolute atomic E-state index is 0.141. The van der Waals surface area contributed by atoms with Crippen LogP contribution in [0.2, 0.25) is 0 Å². The number of fused-ring (bicyclic) bond motifs is 1. The number of nitrogens with one attached hydrogen (secondary N) is 1. The molecule has 0 aliphatic heterocycles. The molecule has 0 unspecified atom stereocenters. The molecule has 3 aromatic rings. The van der Waals surface area contributed by atoms with Gasteiger partial charge in [-0.25, -0.2) is 4.39 Å². The Labute approximate surface area is 152 Å². The first-order valence-electron chi connectivity index (χ1n) is 8.79. The minimum atomic E-state index is -0.568. The number of carbonyl (C=O) groups excluding carboxylic acids is 1. The van der Waals surface area contributed by atoms with Crippen molar-refractivity contribution >= 4 is 16.7 Å². The summed E-state index contributed by atoms with van der Waals surface area (Å²) in [6, 6.07) is 20.3. The summed E-state index contributed by atoms with van der Waals surface area (Å²) in [6.07, 6.45) is 1.02. The van der Waals surface area contributed by atoms with E-state index in [-0.39, 0.29) is 11.7 Å². The van der Waals surface area contributed by atoms with Gasteiger partial charge in [-0.2, -0.15) is 0 Å². The second-order valence-corrected chi connectivity index (χ2v) is 6.29. The molecule has 1 amide bonds. The second-order valence-electron chi connectivity index (χ2n) is 6.29. The van der Waals surface area contributed by atoms with Gasteiger partial charge in [0.05, 0.1) is 0 Å². The molecule has 0 spiro atoms. The van der Waals surface area contributed by atoms with Gasteiger partial charge in [0.15, 0.2) is 6.10 Å². The van der Waals surface area contributed by atoms with E-state index in [4.69, 9.17) is 4.74 Å². The van der Waals surface area contributed by atoms with Crippen LogP contribution in [0, 0.1) is 5.82 Å². The Balaban J connectivity index is 1.45. The molecule has 0 heterocycles. The van der Waals surface area contributed by atoms with Crippen molar-refractivity contribution in [1.29, 1.82) is 0 Å². The van der Waals surface area contributed by atoms with Gasteiger partial charge < -0.3 is 10.1 Å². The summed E-state index contributed by atoms with van der Waals surface area (Å²) in [4.78, 5) is 12.2. The number of carbonyl (C=O) groups is 1. The van der Waals surface area contributed by atoms with E-state index >= 15 is 0 Å². The summed E-state index contributed by atoms with van der Waals surface area (Å²) in [5, 5.41) is 5.10. The number of amides is 1. The Morgan fingerprint density at radius 3 is 2.54 bits per heavy atom. The normalized spacial score (nSPS) is 11.9. The van der Waals surface area contributed by atoms with Gasteiger partial charge in [-0.05, 0) is 60.4 Å². The van der Waals surface area contributed by atoms with Crippen molar-refractivity contribution in [2.24, 2.45) is 0 Å². The number of rotatable bonds is 7. The van der Waals surface area contributed by atoms with Crippen molar-refractivity contribution in [3.05, 3.63) is 78.1 Å². The number of hydrogen-bond donors (Lipinski definition) is 1. The van der Waals surface area contributed by atoms with E-state index < -0.39 is 6.10 Å². The fourth-order valence-corrected chi connectivity index (χ4v) is 2.80. The number of ether oxygens (including phenoxy) is 1. The third kappa shape index (κ3) is 4.82. The number of hydrogen-bond acceptors (Lipinski definition) is 2. The largest absolute Gasteiger partial charge is 0.481 e. The third-order valence-electron chi connectivity index (χ3n) is 4.26. The molecule has 0 aliphatic rings. The fraction of sp³-hybridized carbons (Fsp3) is 0.227. The molecule has 3 rings (SSSR count). The summed E-state index contributed by atoms with van der Waals surface area (Å²) in [5.74, 6) is 0.302. The van der Waals surface area contributed by atoms with E-state index in [9.17, 15) is 9.18 Å². The summed E-state index contributed by atoms with van der Waals surface area (Å²) in [6.45, 7) is 2.30. The van der Waals surface area contributed by atoms with Crippen LogP contribution in [0.25, 0.3) is 10.8 Å². The van der Waals surface area contributed by atoms with Crippen molar-refractivity contribution in [3.63, 3.8) is 0 Å². The van der Waals surface area contributed by atoms with E-state index in [0.29, 0.717) is 12.3 Å². The van der Waals surface area contributed by atoms with Crippen LogP contribution in [0.3, 0.4) is 0 Å². The third-order valence-corrected chi connectivity index (χ3v) is 4.26. The molecule has 0 saturated heterocycles. The van der Waals surface area contributed by atoms with Crippen molar-refractivity contribution in [3.8, 4) is 5.75 Å². The zero-order chi connectivity index (χ0) is 18.4. The van der Waals surface area contributed by atoms with Crippen molar-refractivity contribution < 1.29 is 13.9 Å². The average molecular weight is 351 g/mol. The topological polar surface area (TPSA) is 38.3 Å². The zero-order valence-electron chi connectivity index (χ0n) is 14.7. The molecule has 0 bridgehead atoms. The summed E-state index contributed by atoms with van der Waals surface area (Å²) in [7, 11) is 0. The van der Waals surface area contributed by atoms with Gasteiger partial charge >= 0.3 is 0 Å². The van der Waals surface area contributed by atoms with Crippen LogP contribution in [0.1, 0.15) is 18.9 Å². The Hall–Kier alpha value is -2.88. The van der Waals surface area contributed by atoms with Gasteiger partial charge in [0.2, 0.25) is 0 Å². The lowest BCUT2D eigenvalue weighted by Crippen LogP contribution is -2.36. The molecule has 3 aromatic carbocycles. The maximum Gasteiger partial charge on any atom is 0.260 e. The predicted molar refractivity (Wildman–Crippen MR) is 102 cm³/mol. The lowest BCUT2D eigenvalue weighted by atomic mass is 10.1. The maximum atomic E-state index is 12.9. The molecule has 1 N–H and O–H groups in total. The van der Waals surface area contributed by atoms with Gasteiger partial charge in [0.1, 0.15) is 11.6 Å². The quantitative estimate of drug-likeness (QED) is 0.637. The van der Waals surface area contributed by atoms with Crippen LogP contribution in [0.4, 0.5) is 4.39 Å². The molecule has 4 heteroatoms. The highest BCUT2D eigenvalue weighted by molar-refractivity contribution is 5.84. The van der Waals surface area contributed by atoms with E-state index in [2.05, 4.69) is 5.32 Å². The Bertz CT molecular complexity index is 877. The van der Waals surface area contributed by atoms with Gasteiger partial charge in [-0.1, -0.05) is 42.5 Å². The van der Waals surface area contributed by atoms with E-state index in [1.165, 1.54) is 12.1 Å². The molecular weight excluding hydrogens is 329 g/mol. The molecule has 0 saturated carbocycles.